The third-order valence-corrected chi connectivity index (χ3v) is 3.85. The summed E-state index contributed by atoms with van der Waals surface area (Å²) in [6.07, 6.45) is 2.26. The molecule has 21 heavy (non-hydrogen) atoms. The number of rotatable bonds is 2. The van der Waals surface area contributed by atoms with Crippen molar-refractivity contribution in [2.24, 2.45) is 0 Å². The van der Waals surface area contributed by atoms with Crippen LogP contribution >= 0.6 is 0 Å². The zero-order chi connectivity index (χ0) is 15.5. The molecule has 1 amide bonds. The van der Waals surface area contributed by atoms with Gasteiger partial charge in [-0.3, -0.25) is 9.69 Å². The van der Waals surface area contributed by atoms with Crippen LogP contribution in [0, 0.1) is 0 Å². The first-order chi connectivity index (χ1) is 10.1. The fraction of sp³-hybridized carbons (Fsp3) is 0.933. The molecule has 1 rings (SSSR count). The van der Waals surface area contributed by atoms with Crippen molar-refractivity contribution in [2.45, 2.75) is 12.8 Å². The van der Waals surface area contributed by atoms with Gasteiger partial charge in [-0.15, -0.1) is 0 Å². The molecular weight excluding hydrogens is 266 g/mol. The number of hydrogen-bond donors (Lipinski definition) is 2. The molecular formula is C15H33N5O. The summed E-state index contributed by atoms with van der Waals surface area (Å²) in [6, 6.07) is 0. The summed E-state index contributed by atoms with van der Waals surface area (Å²) in [7, 11) is 5.83. The maximum absolute atomic E-state index is 11.9. The lowest BCUT2D eigenvalue weighted by Crippen LogP contribution is -2.42. The van der Waals surface area contributed by atoms with E-state index in [1.165, 1.54) is 6.42 Å². The molecule has 0 aromatic rings. The van der Waals surface area contributed by atoms with Gasteiger partial charge in [0, 0.05) is 40.3 Å². The Morgan fingerprint density at radius 2 is 1.57 bits per heavy atom. The van der Waals surface area contributed by atoms with Crippen molar-refractivity contribution < 1.29 is 4.79 Å². The molecule has 0 aromatic carbocycles. The minimum absolute atomic E-state index is 0.186. The van der Waals surface area contributed by atoms with E-state index in [2.05, 4.69) is 27.5 Å². The highest BCUT2D eigenvalue weighted by Gasteiger charge is 2.12. The molecule has 2 N–H and O–H groups in total. The van der Waals surface area contributed by atoms with Crippen molar-refractivity contribution in [3.63, 3.8) is 0 Å². The van der Waals surface area contributed by atoms with Crippen molar-refractivity contribution in [2.75, 3.05) is 80.0 Å². The average Bonchev–Trinajstić information content (AvgIpc) is 2.44. The standard InChI is InChI=1S/C15H33N5O/c1-18(2)15(21)14-20-11-5-7-16-8-12-19(3)10-4-6-17-9-13-20/h16-17H,4-14H2,1-3H3. The van der Waals surface area contributed by atoms with Crippen LogP contribution in [-0.4, -0.2) is 101 Å². The number of nitrogens with zero attached hydrogens (tertiary/aromatic N) is 3. The molecule has 0 unspecified atom stereocenters. The van der Waals surface area contributed by atoms with Gasteiger partial charge in [0.05, 0.1) is 6.54 Å². The molecule has 6 heteroatoms. The van der Waals surface area contributed by atoms with Crippen LogP contribution in [0.5, 0.6) is 0 Å². The van der Waals surface area contributed by atoms with E-state index in [-0.39, 0.29) is 5.91 Å². The summed E-state index contributed by atoms with van der Waals surface area (Å²) in [6.45, 7) is 8.75. The molecule has 124 valence electrons. The van der Waals surface area contributed by atoms with Crippen molar-refractivity contribution >= 4 is 5.91 Å². The fourth-order valence-electron chi connectivity index (χ4n) is 2.37. The lowest BCUT2D eigenvalue weighted by Gasteiger charge is -2.24. The Labute approximate surface area is 129 Å². The predicted octanol–water partition coefficient (Wildman–Crippen LogP) is -0.719. The Morgan fingerprint density at radius 1 is 0.952 bits per heavy atom. The second kappa shape index (κ2) is 11.0. The van der Waals surface area contributed by atoms with Gasteiger partial charge in [0.15, 0.2) is 0 Å². The van der Waals surface area contributed by atoms with Crippen molar-refractivity contribution in [3.05, 3.63) is 0 Å². The number of likely N-dealkylation sites (N-methyl/N-ethyl adjacent to an activating group) is 2. The van der Waals surface area contributed by atoms with E-state index in [9.17, 15) is 4.79 Å². The second-order valence-electron chi connectivity index (χ2n) is 6.07. The highest BCUT2D eigenvalue weighted by Crippen LogP contribution is 1.94. The van der Waals surface area contributed by atoms with E-state index in [1.54, 1.807) is 4.90 Å². The largest absolute Gasteiger partial charge is 0.348 e. The minimum atomic E-state index is 0.186. The first kappa shape index (κ1) is 18.4. The van der Waals surface area contributed by atoms with Gasteiger partial charge in [-0.1, -0.05) is 0 Å². The molecule has 1 heterocycles. The maximum atomic E-state index is 11.9. The van der Waals surface area contributed by atoms with E-state index in [0.717, 1.165) is 58.8 Å². The summed E-state index contributed by atoms with van der Waals surface area (Å²) in [5, 5.41) is 6.97. The first-order valence-corrected chi connectivity index (χ1v) is 8.12. The van der Waals surface area contributed by atoms with Crippen LogP contribution in [0.25, 0.3) is 0 Å². The monoisotopic (exact) mass is 299 g/mol. The van der Waals surface area contributed by atoms with E-state index in [4.69, 9.17) is 0 Å². The summed E-state index contributed by atoms with van der Waals surface area (Å²) in [5.41, 5.74) is 0. The molecule has 0 bridgehead atoms. The van der Waals surface area contributed by atoms with Crippen LogP contribution in [0.1, 0.15) is 12.8 Å². The molecule has 0 spiro atoms. The van der Waals surface area contributed by atoms with Gasteiger partial charge in [-0.2, -0.15) is 0 Å². The van der Waals surface area contributed by atoms with E-state index in [0.29, 0.717) is 6.54 Å². The van der Waals surface area contributed by atoms with E-state index in [1.807, 2.05) is 14.1 Å². The summed E-state index contributed by atoms with van der Waals surface area (Å²) in [4.78, 5) is 18.2. The highest BCUT2D eigenvalue weighted by molar-refractivity contribution is 5.77. The van der Waals surface area contributed by atoms with Gasteiger partial charge < -0.3 is 20.4 Å². The van der Waals surface area contributed by atoms with Crippen LogP contribution in [0.4, 0.5) is 0 Å². The SMILES string of the molecule is CN1CCCNCCN(CC(=O)N(C)C)CCCNCC1. The number of carbonyl (C=O) groups is 1. The van der Waals surface area contributed by atoms with Crippen molar-refractivity contribution in [3.8, 4) is 0 Å². The molecule has 0 saturated carbocycles. The minimum Gasteiger partial charge on any atom is -0.348 e. The topological polar surface area (TPSA) is 50.9 Å². The Hall–Kier alpha value is -0.690. The van der Waals surface area contributed by atoms with Crippen LogP contribution in [0.3, 0.4) is 0 Å². The van der Waals surface area contributed by atoms with Gasteiger partial charge in [0.1, 0.15) is 0 Å². The summed E-state index contributed by atoms with van der Waals surface area (Å²) >= 11 is 0. The van der Waals surface area contributed by atoms with Crippen LogP contribution in [0.15, 0.2) is 0 Å². The van der Waals surface area contributed by atoms with Gasteiger partial charge in [0.25, 0.3) is 0 Å². The molecule has 6 nitrogen and oxygen atoms in total. The maximum Gasteiger partial charge on any atom is 0.236 e. The molecule has 0 aliphatic carbocycles. The smallest absolute Gasteiger partial charge is 0.236 e. The third kappa shape index (κ3) is 9.03. The number of carbonyl (C=O) groups excluding carboxylic acids is 1. The molecule has 0 radical (unpaired) electrons. The second-order valence-corrected chi connectivity index (χ2v) is 6.07. The van der Waals surface area contributed by atoms with Crippen LogP contribution in [0.2, 0.25) is 0 Å². The Kier molecular flexibility index (Phi) is 9.58. The van der Waals surface area contributed by atoms with Gasteiger partial charge in [-0.25, -0.2) is 0 Å². The van der Waals surface area contributed by atoms with E-state index >= 15 is 0 Å². The first-order valence-electron chi connectivity index (χ1n) is 8.12. The van der Waals surface area contributed by atoms with Crippen LogP contribution in [-0.2, 0) is 4.79 Å². The lowest BCUT2D eigenvalue weighted by atomic mass is 10.3. The van der Waals surface area contributed by atoms with Crippen molar-refractivity contribution in [1.82, 2.24) is 25.3 Å². The summed E-state index contributed by atoms with van der Waals surface area (Å²) < 4.78 is 0. The molecule has 1 aliphatic rings. The quantitative estimate of drug-likeness (QED) is 0.705. The van der Waals surface area contributed by atoms with Gasteiger partial charge >= 0.3 is 0 Å². The Morgan fingerprint density at radius 3 is 2.24 bits per heavy atom. The fourth-order valence-corrected chi connectivity index (χ4v) is 2.37. The third-order valence-electron chi connectivity index (χ3n) is 3.85. The normalized spacial score (nSPS) is 21.7. The van der Waals surface area contributed by atoms with Crippen LogP contribution < -0.4 is 10.6 Å². The summed E-state index contributed by atoms with van der Waals surface area (Å²) in [5.74, 6) is 0.186. The highest BCUT2D eigenvalue weighted by atomic mass is 16.2. The zero-order valence-corrected chi connectivity index (χ0v) is 14.0. The Bertz CT molecular complexity index is 269. The molecule has 1 aliphatic heterocycles. The molecule has 0 aromatic heterocycles. The van der Waals surface area contributed by atoms with Crippen molar-refractivity contribution in [1.29, 1.82) is 0 Å². The average molecular weight is 299 g/mol. The predicted molar refractivity (Wildman–Crippen MR) is 87.6 cm³/mol. The number of amides is 1. The van der Waals surface area contributed by atoms with Gasteiger partial charge in [-0.05, 0) is 46.1 Å². The molecule has 0 atom stereocenters. The number of nitrogens with one attached hydrogen (secondary N) is 2. The molecule has 1 saturated heterocycles. The lowest BCUT2D eigenvalue weighted by molar-refractivity contribution is -0.129. The zero-order valence-electron chi connectivity index (χ0n) is 14.0. The number of hydrogen-bond acceptors (Lipinski definition) is 5. The molecule has 1 fully saturated rings. The van der Waals surface area contributed by atoms with Gasteiger partial charge in [0.2, 0.25) is 5.91 Å². The Balaban J connectivity index is 2.37. The van der Waals surface area contributed by atoms with E-state index < -0.39 is 0 Å².